The average Bonchev–Trinajstić information content (AvgIpc) is 2.48. The highest BCUT2D eigenvalue weighted by Gasteiger charge is 2.49. The molecule has 0 aliphatic carbocycles. The lowest BCUT2D eigenvalue weighted by Gasteiger charge is -2.30. The van der Waals surface area contributed by atoms with Gasteiger partial charge in [-0.1, -0.05) is 31.2 Å². The molecular weight excluding hydrogens is 212 g/mol. The van der Waals surface area contributed by atoms with E-state index >= 15 is 0 Å². The van der Waals surface area contributed by atoms with Crippen LogP contribution in [0.2, 0.25) is 0 Å². The quantitative estimate of drug-likeness (QED) is 0.773. The van der Waals surface area contributed by atoms with Crippen LogP contribution in [0, 0.1) is 0 Å². The maximum absolute atomic E-state index is 6.00. The fourth-order valence-corrected chi connectivity index (χ4v) is 1.89. The largest absolute Gasteiger partial charge is 0.339 e. The molecule has 1 saturated heterocycles. The molecule has 0 amide bonds. The van der Waals surface area contributed by atoms with Crippen LogP contribution in [-0.2, 0) is 15.9 Å². The highest BCUT2D eigenvalue weighted by atomic mass is 16.7. The van der Waals surface area contributed by atoms with Crippen molar-refractivity contribution in [1.82, 2.24) is 0 Å². The summed E-state index contributed by atoms with van der Waals surface area (Å²) in [6.07, 6.45) is 0.815. The molecule has 0 saturated carbocycles. The number of ether oxygens (including phenoxy) is 2. The van der Waals surface area contributed by atoms with E-state index in [1.165, 1.54) is 5.56 Å². The molecule has 1 fully saturated rings. The number of aryl methyl sites for hydroxylation is 1. The summed E-state index contributed by atoms with van der Waals surface area (Å²) in [5.74, 6) is 0. The van der Waals surface area contributed by atoms with Crippen molar-refractivity contribution in [3.05, 3.63) is 35.4 Å². The lowest BCUT2D eigenvalue weighted by molar-refractivity contribution is -0.0895. The van der Waals surface area contributed by atoms with E-state index < -0.39 is 0 Å². The van der Waals surface area contributed by atoms with E-state index in [0.29, 0.717) is 0 Å². The lowest BCUT2D eigenvalue weighted by Crippen LogP contribution is -2.41. The van der Waals surface area contributed by atoms with Crippen LogP contribution in [0.25, 0.3) is 0 Å². The van der Waals surface area contributed by atoms with Crippen molar-refractivity contribution < 1.29 is 9.47 Å². The first-order chi connectivity index (χ1) is 7.86. The zero-order valence-corrected chi connectivity index (χ0v) is 11.4. The Morgan fingerprint density at radius 2 is 1.41 bits per heavy atom. The number of hydrogen-bond acceptors (Lipinski definition) is 2. The Balaban J connectivity index is 2.20. The maximum atomic E-state index is 6.00. The number of benzene rings is 1. The summed E-state index contributed by atoms with van der Waals surface area (Å²) in [6.45, 7) is 10.5. The van der Waals surface area contributed by atoms with Crippen molar-refractivity contribution in [3.63, 3.8) is 0 Å². The Hall–Kier alpha value is -0.860. The van der Waals surface area contributed by atoms with E-state index in [9.17, 15) is 0 Å². The van der Waals surface area contributed by atoms with Crippen molar-refractivity contribution >= 4 is 0 Å². The Morgan fingerprint density at radius 1 is 0.941 bits per heavy atom. The van der Waals surface area contributed by atoms with Gasteiger partial charge in [0.2, 0.25) is 0 Å². The van der Waals surface area contributed by atoms with Gasteiger partial charge in [-0.15, -0.1) is 0 Å². The van der Waals surface area contributed by atoms with Gasteiger partial charge in [-0.2, -0.15) is 0 Å². The SMILES string of the molecule is CCc1ccc(C2OC(C)(C)C(C)(C)O2)cc1. The van der Waals surface area contributed by atoms with Crippen LogP contribution in [0.4, 0.5) is 0 Å². The molecule has 1 aromatic rings. The van der Waals surface area contributed by atoms with E-state index in [4.69, 9.17) is 9.47 Å². The summed E-state index contributed by atoms with van der Waals surface area (Å²) in [7, 11) is 0. The molecule has 0 atom stereocenters. The Bertz CT molecular complexity index is 374. The van der Waals surface area contributed by atoms with E-state index in [2.05, 4.69) is 58.9 Å². The second kappa shape index (κ2) is 4.11. The highest BCUT2D eigenvalue weighted by molar-refractivity contribution is 5.24. The fraction of sp³-hybridized carbons (Fsp3) is 0.600. The third kappa shape index (κ3) is 2.24. The smallest absolute Gasteiger partial charge is 0.185 e. The molecule has 1 aliphatic rings. The lowest BCUT2D eigenvalue weighted by atomic mass is 9.90. The summed E-state index contributed by atoms with van der Waals surface area (Å²) in [4.78, 5) is 0. The molecule has 0 bridgehead atoms. The van der Waals surface area contributed by atoms with E-state index in [0.717, 1.165) is 12.0 Å². The average molecular weight is 234 g/mol. The maximum Gasteiger partial charge on any atom is 0.185 e. The van der Waals surface area contributed by atoms with Crippen LogP contribution in [0.15, 0.2) is 24.3 Å². The van der Waals surface area contributed by atoms with Crippen LogP contribution < -0.4 is 0 Å². The third-order valence-electron chi connectivity index (χ3n) is 3.91. The predicted octanol–water partition coefficient (Wildman–Crippen LogP) is 3.85. The van der Waals surface area contributed by atoms with Crippen LogP contribution in [0.3, 0.4) is 0 Å². The molecule has 1 aliphatic heterocycles. The fourth-order valence-electron chi connectivity index (χ4n) is 1.89. The molecule has 0 unspecified atom stereocenters. The minimum absolute atomic E-state index is 0.245. The van der Waals surface area contributed by atoms with Gasteiger partial charge < -0.3 is 9.47 Å². The standard InChI is InChI=1S/C15H22O2/c1-6-11-7-9-12(10-8-11)13-16-14(2,3)15(4,5)17-13/h7-10,13H,6H2,1-5H3. The molecule has 2 nitrogen and oxygen atoms in total. The summed E-state index contributed by atoms with van der Waals surface area (Å²) in [5.41, 5.74) is 1.91. The molecule has 0 N–H and O–H groups in total. The van der Waals surface area contributed by atoms with E-state index in [1.54, 1.807) is 0 Å². The molecule has 0 spiro atoms. The summed E-state index contributed by atoms with van der Waals surface area (Å²) in [5, 5.41) is 0. The molecule has 1 aromatic carbocycles. The second-order valence-corrected chi connectivity index (χ2v) is 5.68. The zero-order valence-electron chi connectivity index (χ0n) is 11.4. The Kier molecular flexibility index (Phi) is 3.04. The first kappa shape index (κ1) is 12.6. The van der Waals surface area contributed by atoms with Gasteiger partial charge in [-0.25, -0.2) is 0 Å². The topological polar surface area (TPSA) is 18.5 Å². The van der Waals surface area contributed by atoms with Gasteiger partial charge in [0.15, 0.2) is 6.29 Å². The van der Waals surface area contributed by atoms with Crippen LogP contribution in [0.1, 0.15) is 52.0 Å². The van der Waals surface area contributed by atoms with Crippen molar-refractivity contribution in [3.8, 4) is 0 Å². The minimum atomic E-state index is -0.263. The van der Waals surface area contributed by atoms with Crippen molar-refractivity contribution in [2.75, 3.05) is 0 Å². The molecule has 1 heterocycles. The molecule has 0 aromatic heterocycles. The monoisotopic (exact) mass is 234 g/mol. The van der Waals surface area contributed by atoms with Gasteiger partial charge >= 0.3 is 0 Å². The van der Waals surface area contributed by atoms with Gasteiger partial charge in [0.1, 0.15) is 0 Å². The van der Waals surface area contributed by atoms with E-state index in [-0.39, 0.29) is 17.5 Å². The van der Waals surface area contributed by atoms with Gasteiger partial charge in [-0.3, -0.25) is 0 Å². The van der Waals surface area contributed by atoms with Gasteiger partial charge in [0, 0.05) is 5.56 Å². The molecule has 94 valence electrons. The van der Waals surface area contributed by atoms with Crippen LogP contribution in [-0.4, -0.2) is 11.2 Å². The second-order valence-electron chi connectivity index (χ2n) is 5.68. The minimum Gasteiger partial charge on any atom is -0.339 e. The highest BCUT2D eigenvalue weighted by Crippen LogP contribution is 2.44. The third-order valence-corrected chi connectivity index (χ3v) is 3.91. The molecule has 2 heteroatoms. The summed E-state index contributed by atoms with van der Waals surface area (Å²) in [6, 6.07) is 8.47. The zero-order chi connectivity index (χ0) is 12.7. The number of hydrogen-bond donors (Lipinski definition) is 0. The summed E-state index contributed by atoms with van der Waals surface area (Å²) >= 11 is 0. The van der Waals surface area contributed by atoms with Gasteiger partial charge in [0.25, 0.3) is 0 Å². The van der Waals surface area contributed by atoms with Gasteiger partial charge in [0.05, 0.1) is 11.2 Å². The van der Waals surface area contributed by atoms with Crippen molar-refractivity contribution in [2.24, 2.45) is 0 Å². The first-order valence-electron chi connectivity index (χ1n) is 6.30. The van der Waals surface area contributed by atoms with E-state index in [1.807, 2.05) is 0 Å². The first-order valence-corrected chi connectivity index (χ1v) is 6.30. The molecule has 17 heavy (non-hydrogen) atoms. The molecule has 0 radical (unpaired) electrons. The van der Waals surface area contributed by atoms with Crippen LogP contribution >= 0.6 is 0 Å². The van der Waals surface area contributed by atoms with Crippen LogP contribution in [0.5, 0.6) is 0 Å². The van der Waals surface area contributed by atoms with Gasteiger partial charge in [-0.05, 0) is 39.7 Å². The predicted molar refractivity (Wildman–Crippen MR) is 68.9 cm³/mol. The summed E-state index contributed by atoms with van der Waals surface area (Å²) < 4.78 is 12.0. The van der Waals surface area contributed by atoms with Crippen molar-refractivity contribution in [2.45, 2.75) is 58.5 Å². The number of rotatable bonds is 2. The Morgan fingerprint density at radius 3 is 1.82 bits per heavy atom. The Labute approximate surface area is 104 Å². The van der Waals surface area contributed by atoms with Crippen molar-refractivity contribution in [1.29, 1.82) is 0 Å². The molecular formula is C15H22O2. The normalized spacial score (nSPS) is 22.9. The molecule has 2 rings (SSSR count).